The SMILES string of the molecule is C=CCn1ncc(NC(C)c2ccc(Cl)s2)c(Cl)c1=O. The van der Waals surface area contributed by atoms with Gasteiger partial charge < -0.3 is 5.32 Å². The van der Waals surface area contributed by atoms with E-state index < -0.39 is 0 Å². The topological polar surface area (TPSA) is 46.9 Å². The highest BCUT2D eigenvalue weighted by Crippen LogP contribution is 2.29. The van der Waals surface area contributed by atoms with Gasteiger partial charge in [0.15, 0.2) is 0 Å². The highest BCUT2D eigenvalue weighted by molar-refractivity contribution is 7.16. The highest BCUT2D eigenvalue weighted by Gasteiger charge is 2.13. The van der Waals surface area contributed by atoms with Crippen LogP contribution in [0.1, 0.15) is 17.8 Å². The van der Waals surface area contributed by atoms with Crippen molar-refractivity contribution in [3.63, 3.8) is 0 Å². The van der Waals surface area contributed by atoms with Gasteiger partial charge in [0.2, 0.25) is 0 Å². The monoisotopic (exact) mass is 329 g/mol. The molecule has 20 heavy (non-hydrogen) atoms. The molecular weight excluding hydrogens is 317 g/mol. The normalized spacial score (nSPS) is 12.2. The predicted molar refractivity (Wildman–Crippen MR) is 85.1 cm³/mol. The van der Waals surface area contributed by atoms with E-state index in [0.29, 0.717) is 12.2 Å². The number of rotatable bonds is 5. The molecule has 0 aliphatic rings. The first kappa shape index (κ1) is 15.1. The molecule has 106 valence electrons. The molecular formula is C13H13Cl2N3OS. The molecule has 0 amide bonds. The van der Waals surface area contributed by atoms with Crippen molar-refractivity contribution in [3.05, 3.63) is 55.6 Å². The molecule has 2 heterocycles. The molecule has 0 radical (unpaired) electrons. The molecule has 2 aromatic rings. The summed E-state index contributed by atoms with van der Waals surface area (Å²) in [6.07, 6.45) is 3.13. The summed E-state index contributed by atoms with van der Waals surface area (Å²) in [4.78, 5) is 13.0. The largest absolute Gasteiger partial charge is 0.375 e. The van der Waals surface area contributed by atoms with Crippen molar-refractivity contribution in [1.29, 1.82) is 0 Å². The number of nitrogens with one attached hydrogen (secondary N) is 1. The van der Waals surface area contributed by atoms with Crippen LogP contribution in [0.3, 0.4) is 0 Å². The molecule has 1 N–H and O–H groups in total. The maximum Gasteiger partial charge on any atom is 0.287 e. The summed E-state index contributed by atoms with van der Waals surface area (Å²) >= 11 is 13.5. The third-order valence-corrected chi connectivity index (χ3v) is 4.46. The van der Waals surface area contributed by atoms with Crippen LogP contribution >= 0.6 is 34.5 Å². The van der Waals surface area contributed by atoms with E-state index in [1.54, 1.807) is 12.3 Å². The Morgan fingerprint density at radius 3 is 2.90 bits per heavy atom. The molecule has 1 unspecified atom stereocenters. The number of allylic oxidation sites excluding steroid dienone is 1. The Balaban J connectivity index is 2.24. The first-order valence-corrected chi connectivity index (χ1v) is 7.48. The van der Waals surface area contributed by atoms with E-state index in [-0.39, 0.29) is 16.6 Å². The number of hydrogen-bond donors (Lipinski definition) is 1. The van der Waals surface area contributed by atoms with Crippen molar-refractivity contribution < 1.29 is 0 Å². The third-order valence-electron chi connectivity index (χ3n) is 2.68. The van der Waals surface area contributed by atoms with Gasteiger partial charge in [0.1, 0.15) is 5.02 Å². The Morgan fingerprint density at radius 2 is 2.30 bits per heavy atom. The van der Waals surface area contributed by atoms with Crippen molar-refractivity contribution >= 4 is 40.2 Å². The summed E-state index contributed by atoms with van der Waals surface area (Å²) in [7, 11) is 0. The first-order valence-electron chi connectivity index (χ1n) is 5.91. The molecule has 2 rings (SSSR count). The van der Waals surface area contributed by atoms with Gasteiger partial charge in [0.25, 0.3) is 5.56 Å². The zero-order chi connectivity index (χ0) is 14.7. The quantitative estimate of drug-likeness (QED) is 0.844. The lowest BCUT2D eigenvalue weighted by molar-refractivity contribution is 0.652. The highest BCUT2D eigenvalue weighted by atomic mass is 35.5. The number of halogens is 2. The standard InChI is InChI=1S/C13H13Cl2N3OS/c1-3-6-18-13(19)12(15)9(7-16-18)17-8(2)10-4-5-11(14)20-10/h3-5,7-8,17H,1,6H2,2H3. The fourth-order valence-corrected chi connectivity index (χ4v) is 2.95. The van der Waals surface area contributed by atoms with Crippen LogP contribution in [-0.2, 0) is 6.54 Å². The zero-order valence-electron chi connectivity index (χ0n) is 10.8. The van der Waals surface area contributed by atoms with E-state index in [1.807, 2.05) is 19.1 Å². The molecule has 4 nitrogen and oxygen atoms in total. The average molecular weight is 330 g/mol. The fraction of sp³-hybridized carbons (Fsp3) is 0.231. The van der Waals surface area contributed by atoms with Gasteiger partial charge in [0.05, 0.1) is 28.8 Å². The molecule has 0 saturated carbocycles. The van der Waals surface area contributed by atoms with Gasteiger partial charge in [-0.15, -0.1) is 17.9 Å². The van der Waals surface area contributed by atoms with Gasteiger partial charge in [-0.1, -0.05) is 29.3 Å². The molecule has 7 heteroatoms. The maximum absolute atomic E-state index is 12.0. The van der Waals surface area contributed by atoms with Gasteiger partial charge in [-0.2, -0.15) is 5.10 Å². The van der Waals surface area contributed by atoms with Crippen LogP contribution in [-0.4, -0.2) is 9.78 Å². The minimum atomic E-state index is -0.340. The molecule has 2 aromatic heterocycles. The molecule has 0 aromatic carbocycles. The Labute approximate surface area is 130 Å². The second-order valence-corrected chi connectivity index (χ2v) is 6.28. The van der Waals surface area contributed by atoms with Gasteiger partial charge in [0, 0.05) is 4.88 Å². The van der Waals surface area contributed by atoms with E-state index in [4.69, 9.17) is 23.2 Å². The van der Waals surface area contributed by atoms with Crippen LogP contribution < -0.4 is 10.9 Å². The Morgan fingerprint density at radius 1 is 1.55 bits per heavy atom. The molecule has 0 saturated heterocycles. The minimum Gasteiger partial charge on any atom is -0.375 e. The van der Waals surface area contributed by atoms with E-state index in [9.17, 15) is 4.79 Å². The summed E-state index contributed by atoms with van der Waals surface area (Å²) < 4.78 is 1.98. The number of thiophene rings is 1. The third kappa shape index (κ3) is 3.23. The Bertz CT molecular complexity index is 680. The van der Waals surface area contributed by atoms with Gasteiger partial charge in [-0.3, -0.25) is 4.79 Å². The van der Waals surface area contributed by atoms with Crippen molar-refractivity contribution in [2.45, 2.75) is 19.5 Å². The zero-order valence-corrected chi connectivity index (χ0v) is 13.1. The van der Waals surface area contributed by atoms with Gasteiger partial charge in [-0.25, -0.2) is 4.68 Å². The number of aromatic nitrogens is 2. The molecule has 0 aliphatic carbocycles. The molecule has 0 spiro atoms. The number of anilines is 1. The molecule has 0 bridgehead atoms. The minimum absolute atomic E-state index is 0.0125. The first-order chi connectivity index (χ1) is 9.52. The van der Waals surface area contributed by atoms with Crippen LogP contribution in [0.4, 0.5) is 5.69 Å². The van der Waals surface area contributed by atoms with Crippen molar-refractivity contribution in [3.8, 4) is 0 Å². The second kappa shape index (κ2) is 6.43. The van der Waals surface area contributed by atoms with Crippen LogP contribution in [0.25, 0.3) is 0 Å². The van der Waals surface area contributed by atoms with Crippen LogP contribution in [0.5, 0.6) is 0 Å². The van der Waals surface area contributed by atoms with E-state index in [2.05, 4.69) is 17.0 Å². The van der Waals surface area contributed by atoms with Crippen molar-refractivity contribution in [1.82, 2.24) is 9.78 Å². The fourth-order valence-electron chi connectivity index (χ4n) is 1.68. The summed E-state index contributed by atoms with van der Waals surface area (Å²) in [6, 6.07) is 3.76. The van der Waals surface area contributed by atoms with Crippen molar-refractivity contribution in [2.24, 2.45) is 0 Å². The summed E-state index contributed by atoms with van der Waals surface area (Å²) in [5.74, 6) is 0. The van der Waals surface area contributed by atoms with E-state index in [1.165, 1.54) is 16.0 Å². The smallest absolute Gasteiger partial charge is 0.287 e. The lowest BCUT2D eigenvalue weighted by atomic mass is 10.2. The lowest BCUT2D eigenvalue weighted by Crippen LogP contribution is -2.24. The molecule has 0 aliphatic heterocycles. The Hall–Kier alpha value is -1.30. The summed E-state index contributed by atoms with van der Waals surface area (Å²) in [5.41, 5.74) is 0.169. The van der Waals surface area contributed by atoms with Crippen LogP contribution in [0.2, 0.25) is 9.36 Å². The van der Waals surface area contributed by atoms with Crippen LogP contribution in [0, 0.1) is 0 Å². The molecule has 0 fully saturated rings. The summed E-state index contributed by atoms with van der Waals surface area (Å²) in [5, 5.41) is 7.33. The van der Waals surface area contributed by atoms with E-state index in [0.717, 1.165) is 9.21 Å². The predicted octanol–water partition coefficient (Wildman–Crippen LogP) is 3.97. The Kier molecular flexibility index (Phi) is 4.86. The number of nitrogens with zero attached hydrogens (tertiary/aromatic N) is 2. The van der Waals surface area contributed by atoms with Crippen LogP contribution in [0.15, 0.2) is 35.8 Å². The van der Waals surface area contributed by atoms with Gasteiger partial charge in [-0.05, 0) is 19.1 Å². The maximum atomic E-state index is 12.0. The summed E-state index contributed by atoms with van der Waals surface area (Å²) in [6.45, 7) is 5.86. The average Bonchev–Trinajstić information content (AvgIpc) is 2.85. The lowest BCUT2D eigenvalue weighted by Gasteiger charge is -2.15. The molecule has 1 atom stereocenters. The van der Waals surface area contributed by atoms with E-state index >= 15 is 0 Å². The second-order valence-electron chi connectivity index (χ2n) is 4.16. The number of hydrogen-bond acceptors (Lipinski definition) is 4. The van der Waals surface area contributed by atoms with Crippen molar-refractivity contribution in [2.75, 3.05) is 5.32 Å². The van der Waals surface area contributed by atoms with Gasteiger partial charge >= 0.3 is 0 Å².